The number of fused-ring (bicyclic) bond motifs is 1. The van der Waals surface area contributed by atoms with Gasteiger partial charge in [0.15, 0.2) is 0 Å². The first-order valence-corrected chi connectivity index (χ1v) is 4.26. The normalized spacial score (nSPS) is 18.6. The lowest BCUT2D eigenvalue weighted by atomic mass is 9.98. The second kappa shape index (κ2) is 3.05. The Bertz CT molecular complexity index is 366. The average molecular weight is 174 g/mol. The monoisotopic (exact) mass is 174 g/mol. The van der Waals surface area contributed by atoms with Crippen LogP contribution in [0.3, 0.4) is 0 Å². The molecule has 1 aliphatic rings. The summed E-state index contributed by atoms with van der Waals surface area (Å²) in [5.74, 6) is -0.681. The zero-order valence-corrected chi connectivity index (χ0v) is 7.10. The van der Waals surface area contributed by atoms with Crippen molar-refractivity contribution in [2.75, 3.05) is 0 Å². The van der Waals surface area contributed by atoms with E-state index in [4.69, 9.17) is 5.11 Å². The number of carbonyl (C=O) groups is 1. The summed E-state index contributed by atoms with van der Waals surface area (Å²) in [7, 11) is 0. The third-order valence-corrected chi connectivity index (χ3v) is 2.30. The zero-order chi connectivity index (χ0) is 9.26. The maximum atomic E-state index is 10.5. The van der Waals surface area contributed by atoms with Gasteiger partial charge in [-0.2, -0.15) is 0 Å². The fourth-order valence-corrected chi connectivity index (χ4v) is 1.69. The van der Waals surface area contributed by atoms with Crippen molar-refractivity contribution in [2.45, 2.75) is 12.3 Å². The summed E-state index contributed by atoms with van der Waals surface area (Å²) in [6, 6.07) is 7.91. The molecule has 0 amide bonds. The molecule has 1 N–H and O–H groups in total. The van der Waals surface area contributed by atoms with E-state index in [1.807, 2.05) is 36.4 Å². The minimum atomic E-state index is -0.744. The Labute approximate surface area is 76.5 Å². The molecular weight excluding hydrogens is 164 g/mol. The van der Waals surface area contributed by atoms with Crippen LogP contribution in [-0.4, -0.2) is 11.1 Å². The van der Waals surface area contributed by atoms with Crippen LogP contribution in [0.15, 0.2) is 30.3 Å². The van der Waals surface area contributed by atoms with E-state index in [0.29, 0.717) is 0 Å². The molecule has 2 rings (SSSR count). The van der Waals surface area contributed by atoms with E-state index in [0.717, 1.165) is 11.1 Å². The first-order valence-electron chi connectivity index (χ1n) is 4.26. The van der Waals surface area contributed by atoms with Gasteiger partial charge in [0.1, 0.15) is 0 Å². The van der Waals surface area contributed by atoms with Gasteiger partial charge in [-0.05, 0) is 11.1 Å². The van der Waals surface area contributed by atoms with Crippen LogP contribution in [0.1, 0.15) is 23.5 Å². The number of benzene rings is 1. The van der Waals surface area contributed by atoms with Crippen LogP contribution in [0.5, 0.6) is 0 Å². The predicted octanol–water partition coefficient (Wildman–Crippen LogP) is 2.27. The fraction of sp³-hybridized carbons (Fsp3) is 0.182. The van der Waals surface area contributed by atoms with E-state index in [9.17, 15) is 4.79 Å². The predicted molar refractivity (Wildman–Crippen MR) is 50.5 cm³/mol. The van der Waals surface area contributed by atoms with E-state index in [-0.39, 0.29) is 12.3 Å². The quantitative estimate of drug-likeness (QED) is 0.746. The minimum absolute atomic E-state index is 0.0636. The molecule has 0 bridgehead atoms. The van der Waals surface area contributed by atoms with Gasteiger partial charge in [0.2, 0.25) is 0 Å². The van der Waals surface area contributed by atoms with Crippen molar-refractivity contribution in [3.8, 4) is 0 Å². The summed E-state index contributed by atoms with van der Waals surface area (Å²) in [4.78, 5) is 10.5. The van der Waals surface area contributed by atoms with E-state index >= 15 is 0 Å². The summed E-state index contributed by atoms with van der Waals surface area (Å²) in [5, 5.41) is 8.67. The highest BCUT2D eigenvalue weighted by molar-refractivity contribution is 5.72. The van der Waals surface area contributed by atoms with Crippen molar-refractivity contribution in [3.05, 3.63) is 41.5 Å². The van der Waals surface area contributed by atoms with Crippen molar-refractivity contribution in [1.82, 2.24) is 0 Å². The Kier molecular flexibility index (Phi) is 1.89. The average Bonchev–Trinajstić information content (AvgIpc) is 2.48. The Morgan fingerprint density at radius 1 is 1.38 bits per heavy atom. The van der Waals surface area contributed by atoms with E-state index < -0.39 is 5.97 Å². The van der Waals surface area contributed by atoms with Crippen molar-refractivity contribution in [3.63, 3.8) is 0 Å². The van der Waals surface area contributed by atoms with Crippen LogP contribution in [0.2, 0.25) is 0 Å². The summed E-state index contributed by atoms with van der Waals surface area (Å²) in [5.41, 5.74) is 2.28. The van der Waals surface area contributed by atoms with Gasteiger partial charge in [0.05, 0.1) is 6.42 Å². The number of carboxylic acids is 1. The zero-order valence-electron chi connectivity index (χ0n) is 7.10. The molecule has 0 spiro atoms. The van der Waals surface area contributed by atoms with Gasteiger partial charge in [-0.25, -0.2) is 0 Å². The molecule has 0 saturated heterocycles. The van der Waals surface area contributed by atoms with Gasteiger partial charge in [-0.15, -0.1) is 0 Å². The second-order valence-corrected chi connectivity index (χ2v) is 3.19. The maximum Gasteiger partial charge on any atom is 0.304 e. The summed E-state index contributed by atoms with van der Waals surface area (Å²) >= 11 is 0. The Balaban J connectivity index is 2.28. The number of carboxylic acid groups (broad SMARTS) is 1. The van der Waals surface area contributed by atoms with E-state index in [1.165, 1.54) is 0 Å². The molecule has 1 atom stereocenters. The topological polar surface area (TPSA) is 37.3 Å². The SMILES string of the molecule is O=C(O)CC1C=Cc2ccccc21. The molecule has 0 saturated carbocycles. The fourth-order valence-electron chi connectivity index (χ4n) is 1.69. The molecule has 1 aliphatic carbocycles. The molecule has 0 aliphatic heterocycles. The lowest BCUT2D eigenvalue weighted by Gasteiger charge is -2.06. The Morgan fingerprint density at radius 3 is 2.92 bits per heavy atom. The van der Waals surface area contributed by atoms with Crippen molar-refractivity contribution < 1.29 is 9.90 Å². The highest BCUT2D eigenvalue weighted by atomic mass is 16.4. The molecule has 0 heterocycles. The lowest BCUT2D eigenvalue weighted by Crippen LogP contribution is -2.02. The van der Waals surface area contributed by atoms with E-state index in [2.05, 4.69) is 0 Å². The first kappa shape index (κ1) is 8.05. The molecule has 13 heavy (non-hydrogen) atoms. The van der Waals surface area contributed by atoms with Crippen molar-refractivity contribution >= 4 is 12.0 Å². The van der Waals surface area contributed by atoms with E-state index in [1.54, 1.807) is 0 Å². The van der Waals surface area contributed by atoms with Crippen LogP contribution in [0.25, 0.3) is 6.08 Å². The highest BCUT2D eigenvalue weighted by Gasteiger charge is 2.18. The summed E-state index contributed by atoms with van der Waals surface area (Å²) in [6.07, 6.45) is 4.13. The first-order chi connectivity index (χ1) is 6.27. The Hall–Kier alpha value is -1.57. The largest absolute Gasteiger partial charge is 0.481 e. The standard InChI is InChI=1S/C11H10O2/c12-11(13)7-9-6-5-8-3-1-2-4-10(8)9/h1-6,9H,7H2,(H,12,13). The smallest absolute Gasteiger partial charge is 0.304 e. The van der Waals surface area contributed by atoms with Gasteiger partial charge < -0.3 is 5.11 Å². The number of hydrogen-bond donors (Lipinski definition) is 1. The van der Waals surface area contributed by atoms with Gasteiger partial charge in [0, 0.05) is 5.92 Å². The number of allylic oxidation sites excluding steroid dienone is 1. The second-order valence-electron chi connectivity index (χ2n) is 3.19. The molecule has 66 valence electrons. The molecule has 0 fully saturated rings. The lowest BCUT2D eigenvalue weighted by molar-refractivity contribution is -0.137. The number of aliphatic carboxylic acids is 1. The molecule has 1 aromatic carbocycles. The molecule has 2 nitrogen and oxygen atoms in total. The van der Waals surface area contributed by atoms with Crippen LogP contribution in [0, 0.1) is 0 Å². The third kappa shape index (κ3) is 1.47. The third-order valence-electron chi connectivity index (χ3n) is 2.30. The van der Waals surface area contributed by atoms with Gasteiger partial charge in [-0.3, -0.25) is 4.79 Å². The Morgan fingerprint density at radius 2 is 2.15 bits per heavy atom. The summed E-state index contributed by atoms with van der Waals surface area (Å²) in [6.45, 7) is 0. The van der Waals surface area contributed by atoms with Crippen LogP contribution >= 0.6 is 0 Å². The van der Waals surface area contributed by atoms with Crippen molar-refractivity contribution in [2.24, 2.45) is 0 Å². The highest BCUT2D eigenvalue weighted by Crippen LogP contribution is 2.31. The molecule has 0 aromatic heterocycles. The molecule has 0 radical (unpaired) electrons. The van der Waals surface area contributed by atoms with Crippen LogP contribution in [0.4, 0.5) is 0 Å². The van der Waals surface area contributed by atoms with Gasteiger partial charge in [0.25, 0.3) is 0 Å². The maximum absolute atomic E-state index is 10.5. The summed E-state index contributed by atoms with van der Waals surface area (Å²) < 4.78 is 0. The van der Waals surface area contributed by atoms with Crippen molar-refractivity contribution in [1.29, 1.82) is 0 Å². The molecule has 1 unspecified atom stereocenters. The minimum Gasteiger partial charge on any atom is -0.481 e. The van der Waals surface area contributed by atoms with Gasteiger partial charge in [-0.1, -0.05) is 36.4 Å². The van der Waals surface area contributed by atoms with Crippen LogP contribution < -0.4 is 0 Å². The molecule has 1 aromatic rings. The number of rotatable bonds is 2. The number of hydrogen-bond acceptors (Lipinski definition) is 1. The van der Waals surface area contributed by atoms with Crippen LogP contribution in [-0.2, 0) is 4.79 Å². The molecule has 2 heteroatoms. The molecular formula is C11H10O2. The van der Waals surface area contributed by atoms with Gasteiger partial charge >= 0.3 is 5.97 Å².